The van der Waals surface area contributed by atoms with E-state index in [0.717, 1.165) is 22.3 Å². The minimum Gasteiger partial charge on any atom is -0.494 e. The number of fused-ring (bicyclic) bond motifs is 1. The summed E-state index contributed by atoms with van der Waals surface area (Å²) in [6.45, 7) is 4.33. The van der Waals surface area contributed by atoms with Crippen LogP contribution in [0.1, 0.15) is 58.5 Å². The van der Waals surface area contributed by atoms with Crippen LogP contribution >= 0.6 is 0 Å². The number of esters is 1. The van der Waals surface area contributed by atoms with Gasteiger partial charge in [0.05, 0.1) is 47.8 Å². The first-order valence-corrected chi connectivity index (χ1v) is 14.4. The number of Topliss-reactive ketones (excluding diaryl/α,β-unsaturated/α-hetero) is 1. The molecule has 0 atom stereocenters. The van der Waals surface area contributed by atoms with Crippen molar-refractivity contribution in [1.82, 2.24) is 19.9 Å². The zero-order chi connectivity index (χ0) is 31.9. The quantitative estimate of drug-likeness (QED) is 0.0924. The number of aliphatic imine (C=N–C) groups is 2. The fraction of sp³-hybridized carbons (Fsp3) is 0.242. The molecule has 0 radical (unpaired) electrons. The summed E-state index contributed by atoms with van der Waals surface area (Å²) in [6, 6.07) is 11.6. The van der Waals surface area contributed by atoms with Crippen molar-refractivity contribution >= 4 is 52.1 Å². The van der Waals surface area contributed by atoms with E-state index in [1.165, 1.54) is 32.0 Å². The molecule has 12 heteroatoms. The van der Waals surface area contributed by atoms with Gasteiger partial charge in [-0.1, -0.05) is 35.9 Å². The normalized spacial score (nSPS) is 13.7. The number of benzene rings is 1. The summed E-state index contributed by atoms with van der Waals surface area (Å²) in [4.78, 5) is 60.9. The molecule has 12 nitrogen and oxygen atoms in total. The molecule has 1 aromatic carbocycles. The van der Waals surface area contributed by atoms with E-state index < -0.39 is 17.7 Å². The lowest BCUT2D eigenvalue weighted by atomic mass is 9.88. The van der Waals surface area contributed by atoms with Crippen LogP contribution in [0.4, 0.5) is 5.82 Å². The number of nitrogens with zero attached hydrogens (tertiary/aromatic N) is 5. The van der Waals surface area contributed by atoms with Gasteiger partial charge in [0.25, 0.3) is 11.7 Å². The van der Waals surface area contributed by atoms with Crippen molar-refractivity contribution in [2.24, 2.45) is 15.7 Å². The number of carbonyl (C=O) groups excluding carboxylic acids is 3. The number of rotatable bonds is 9. The van der Waals surface area contributed by atoms with E-state index in [0.29, 0.717) is 54.0 Å². The number of aromatic amines is 1. The minimum atomic E-state index is -0.668. The molecule has 230 valence electrons. The van der Waals surface area contributed by atoms with E-state index in [4.69, 9.17) is 15.2 Å². The average Bonchev–Trinajstić information content (AvgIpc) is 3.51. The molecule has 4 heterocycles. The number of amides is 1. The van der Waals surface area contributed by atoms with Crippen molar-refractivity contribution in [3.8, 4) is 5.75 Å². The second-order valence-electron chi connectivity index (χ2n) is 10.3. The fourth-order valence-corrected chi connectivity index (χ4v) is 5.28. The lowest BCUT2D eigenvalue weighted by Crippen LogP contribution is -2.40. The number of ketones is 1. The number of methoxy groups -OCH3 is 1. The van der Waals surface area contributed by atoms with Gasteiger partial charge in [-0.2, -0.15) is 0 Å². The van der Waals surface area contributed by atoms with Crippen molar-refractivity contribution < 1.29 is 23.9 Å². The van der Waals surface area contributed by atoms with Crippen LogP contribution in [-0.4, -0.2) is 76.5 Å². The minimum absolute atomic E-state index is 0.164. The van der Waals surface area contributed by atoms with Gasteiger partial charge in [0.15, 0.2) is 5.82 Å². The van der Waals surface area contributed by atoms with Gasteiger partial charge in [-0.05, 0) is 43.9 Å². The molecular weight excluding hydrogens is 574 g/mol. The summed E-state index contributed by atoms with van der Waals surface area (Å²) in [5, 5.41) is 0.407. The number of H-pyrrole nitrogens is 1. The molecule has 0 saturated carbocycles. The topological polar surface area (TPSA) is 165 Å². The van der Waals surface area contributed by atoms with Gasteiger partial charge in [0.2, 0.25) is 0 Å². The predicted molar refractivity (Wildman–Crippen MR) is 171 cm³/mol. The van der Waals surface area contributed by atoms with E-state index in [1.54, 1.807) is 31.0 Å². The zero-order valence-electron chi connectivity index (χ0n) is 25.2. The molecule has 1 aliphatic heterocycles. The third-order valence-corrected chi connectivity index (χ3v) is 7.36. The first-order chi connectivity index (χ1) is 21.8. The average molecular weight is 608 g/mol. The van der Waals surface area contributed by atoms with Crippen LogP contribution in [0.25, 0.3) is 16.5 Å². The SMILES string of the molecule is CCOC(=O)c1cncc(C(=C2CCN(C(=O)C(=O)c3c[nH]c4c(N=CN=C(C)N)ncc(OC)c34)CC2)c2ccccc2)c1. The number of aromatic nitrogens is 3. The van der Waals surface area contributed by atoms with Crippen LogP contribution in [0.3, 0.4) is 0 Å². The van der Waals surface area contributed by atoms with Gasteiger partial charge in [-0.3, -0.25) is 14.6 Å². The molecule has 45 heavy (non-hydrogen) atoms. The molecule has 0 unspecified atom stereocenters. The second-order valence-corrected chi connectivity index (χ2v) is 10.3. The maximum absolute atomic E-state index is 13.6. The number of ether oxygens (including phenoxy) is 2. The van der Waals surface area contributed by atoms with Crippen molar-refractivity contribution in [2.45, 2.75) is 26.7 Å². The third-order valence-electron chi connectivity index (χ3n) is 7.36. The Bertz CT molecular complexity index is 1830. The number of amidine groups is 1. The van der Waals surface area contributed by atoms with Crippen molar-refractivity contribution in [2.75, 3.05) is 26.8 Å². The van der Waals surface area contributed by atoms with Gasteiger partial charge in [-0.25, -0.2) is 19.8 Å². The van der Waals surface area contributed by atoms with Crippen molar-refractivity contribution in [3.05, 3.63) is 89.0 Å². The largest absolute Gasteiger partial charge is 0.494 e. The standard InChI is InChI=1S/C33H33N7O5/c1-4-45-33(43)24-14-23(15-35-16-24)27(21-8-6-5-7-9-21)22-10-12-40(13-11-22)32(42)30(41)25-17-36-29-28(25)26(44-3)18-37-31(29)39-19-38-20(2)34/h5-9,14-19,36H,4,10-13H2,1-3H3,(H2,34,37,38,39). The van der Waals surface area contributed by atoms with Crippen LogP contribution in [-0.2, 0) is 9.53 Å². The molecule has 3 N–H and O–H groups in total. The Morgan fingerprint density at radius 2 is 1.80 bits per heavy atom. The van der Waals surface area contributed by atoms with Crippen LogP contribution in [0.2, 0.25) is 0 Å². The monoisotopic (exact) mass is 607 g/mol. The highest BCUT2D eigenvalue weighted by atomic mass is 16.5. The maximum atomic E-state index is 13.6. The molecule has 3 aromatic heterocycles. The Hall–Kier alpha value is -5.65. The Kier molecular flexibility index (Phi) is 9.42. The van der Waals surface area contributed by atoms with E-state index in [1.807, 2.05) is 30.3 Å². The predicted octanol–water partition coefficient (Wildman–Crippen LogP) is 4.49. The molecule has 0 aliphatic carbocycles. The number of hydrogen-bond donors (Lipinski definition) is 2. The smallest absolute Gasteiger partial charge is 0.339 e. The van der Waals surface area contributed by atoms with Gasteiger partial charge in [-0.15, -0.1) is 0 Å². The number of likely N-dealkylation sites (tertiary alicyclic amines) is 1. The molecule has 1 aliphatic rings. The second kappa shape index (κ2) is 13.8. The Balaban J connectivity index is 1.42. The Morgan fingerprint density at radius 1 is 1.07 bits per heavy atom. The van der Waals surface area contributed by atoms with E-state index in [9.17, 15) is 14.4 Å². The van der Waals surface area contributed by atoms with Crippen molar-refractivity contribution in [1.29, 1.82) is 0 Å². The number of carbonyl (C=O) groups is 3. The van der Waals surface area contributed by atoms with E-state index >= 15 is 0 Å². The summed E-state index contributed by atoms with van der Waals surface area (Å²) >= 11 is 0. The highest BCUT2D eigenvalue weighted by Gasteiger charge is 2.30. The number of nitrogens with one attached hydrogen (secondary N) is 1. The molecule has 1 saturated heterocycles. The van der Waals surface area contributed by atoms with Crippen LogP contribution in [0.5, 0.6) is 5.75 Å². The summed E-state index contributed by atoms with van der Waals surface area (Å²) in [5.74, 6) is -0.799. The van der Waals surface area contributed by atoms with Crippen LogP contribution < -0.4 is 10.5 Å². The van der Waals surface area contributed by atoms with Gasteiger partial charge < -0.3 is 25.1 Å². The number of pyridine rings is 2. The van der Waals surface area contributed by atoms with Gasteiger partial charge in [0.1, 0.15) is 12.1 Å². The summed E-state index contributed by atoms with van der Waals surface area (Å²) in [6.07, 6.45) is 8.46. The number of piperidine rings is 1. The first-order valence-electron chi connectivity index (χ1n) is 14.4. The number of hydrogen-bond acceptors (Lipinski definition) is 8. The molecule has 1 amide bonds. The van der Waals surface area contributed by atoms with Gasteiger partial charge in [0, 0.05) is 37.2 Å². The van der Waals surface area contributed by atoms with Crippen molar-refractivity contribution in [3.63, 3.8) is 0 Å². The Labute approximate surface area is 259 Å². The highest BCUT2D eigenvalue weighted by Crippen LogP contribution is 2.35. The molecule has 0 spiro atoms. The summed E-state index contributed by atoms with van der Waals surface area (Å²) in [7, 11) is 1.46. The maximum Gasteiger partial charge on any atom is 0.339 e. The lowest BCUT2D eigenvalue weighted by molar-refractivity contribution is -0.126. The summed E-state index contributed by atoms with van der Waals surface area (Å²) in [5.41, 5.74) is 10.3. The molecule has 4 aromatic rings. The van der Waals surface area contributed by atoms with E-state index in [2.05, 4.69) is 24.9 Å². The lowest BCUT2D eigenvalue weighted by Gasteiger charge is -2.30. The Morgan fingerprint density at radius 3 is 2.49 bits per heavy atom. The van der Waals surface area contributed by atoms with E-state index in [-0.39, 0.29) is 18.0 Å². The fourth-order valence-electron chi connectivity index (χ4n) is 5.28. The highest BCUT2D eigenvalue weighted by molar-refractivity contribution is 6.45. The summed E-state index contributed by atoms with van der Waals surface area (Å²) < 4.78 is 10.6. The molecule has 5 rings (SSSR count). The van der Waals surface area contributed by atoms with Crippen LogP contribution in [0.15, 0.2) is 76.7 Å². The first kappa shape index (κ1) is 30.8. The van der Waals surface area contributed by atoms with Gasteiger partial charge >= 0.3 is 5.97 Å². The molecular formula is C33H33N7O5. The zero-order valence-corrected chi connectivity index (χ0v) is 25.2. The van der Waals surface area contributed by atoms with Crippen LogP contribution in [0, 0.1) is 0 Å². The molecule has 1 fully saturated rings. The number of nitrogens with two attached hydrogens (primary N) is 1. The third kappa shape index (κ3) is 6.64. The molecule has 0 bridgehead atoms.